The Labute approximate surface area is 133 Å². The number of carbonyl (C=O) groups is 1. The SMILES string of the molecule is CCC(NC(=O)CCc1scnc1C)c1nc(C)c(C)s1. The van der Waals surface area contributed by atoms with E-state index >= 15 is 0 Å². The largest absolute Gasteiger partial charge is 0.347 e. The molecular formula is C15H21N3OS2. The number of nitrogens with one attached hydrogen (secondary N) is 1. The third-order valence-corrected chi connectivity index (χ3v) is 5.69. The summed E-state index contributed by atoms with van der Waals surface area (Å²) in [7, 11) is 0. The van der Waals surface area contributed by atoms with Gasteiger partial charge >= 0.3 is 0 Å². The van der Waals surface area contributed by atoms with E-state index in [1.54, 1.807) is 22.7 Å². The van der Waals surface area contributed by atoms with E-state index in [1.807, 2.05) is 19.4 Å². The first kappa shape index (κ1) is 16.1. The molecule has 0 spiro atoms. The molecule has 0 bridgehead atoms. The first-order valence-corrected chi connectivity index (χ1v) is 8.83. The fourth-order valence-corrected chi connectivity index (χ4v) is 3.88. The van der Waals surface area contributed by atoms with Crippen LogP contribution in [0.4, 0.5) is 0 Å². The van der Waals surface area contributed by atoms with Crippen LogP contribution in [0.2, 0.25) is 0 Å². The van der Waals surface area contributed by atoms with Gasteiger partial charge in [0.2, 0.25) is 5.91 Å². The van der Waals surface area contributed by atoms with Crippen molar-refractivity contribution in [2.24, 2.45) is 0 Å². The quantitative estimate of drug-likeness (QED) is 0.881. The summed E-state index contributed by atoms with van der Waals surface area (Å²) in [4.78, 5) is 23.3. The van der Waals surface area contributed by atoms with Crippen molar-refractivity contribution in [1.29, 1.82) is 0 Å². The Morgan fingerprint density at radius 1 is 1.33 bits per heavy atom. The third kappa shape index (κ3) is 4.11. The zero-order valence-corrected chi connectivity index (χ0v) is 14.5. The standard InChI is InChI=1S/C15H21N3OS2/c1-5-12(15-17-9(2)11(4)21-15)18-14(19)7-6-13-10(3)16-8-20-13/h8,12H,5-7H2,1-4H3,(H,18,19). The molecule has 2 heterocycles. The molecule has 4 nitrogen and oxygen atoms in total. The van der Waals surface area contributed by atoms with Crippen LogP contribution in [0.15, 0.2) is 5.51 Å². The molecule has 0 saturated heterocycles. The number of carbonyl (C=O) groups excluding carboxylic acids is 1. The monoisotopic (exact) mass is 323 g/mol. The minimum absolute atomic E-state index is 0.0254. The van der Waals surface area contributed by atoms with Crippen molar-refractivity contribution in [3.8, 4) is 0 Å². The van der Waals surface area contributed by atoms with Gasteiger partial charge in [0, 0.05) is 16.2 Å². The first-order valence-electron chi connectivity index (χ1n) is 7.13. The third-order valence-electron chi connectivity index (χ3n) is 3.51. The molecule has 0 radical (unpaired) electrons. The number of aryl methyl sites for hydroxylation is 4. The minimum Gasteiger partial charge on any atom is -0.347 e. The van der Waals surface area contributed by atoms with Gasteiger partial charge in [-0.15, -0.1) is 22.7 Å². The van der Waals surface area contributed by atoms with E-state index in [2.05, 4.69) is 29.1 Å². The molecule has 0 saturated carbocycles. The van der Waals surface area contributed by atoms with Gasteiger partial charge in [-0.1, -0.05) is 6.92 Å². The Morgan fingerprint density at radius 3 is 2.62 bits per heavy atom. The number of hydrogen-bond acceptors (Lipinski definition) is 5. The normalized spacial score (nSPS) is 12.4. The fraction of sp³-hybridized carbons (Fsp3) is 0.533. The zero-order chi connectivity index (χ0) is 15.4. The predicted molar refractivity (Wildman–Crippen MR) is 87.9 cm³/mol. The van der Waals surface area contributed by atoms with Crippen molar-refractivity contribution in [2.75, 3.05) is 0 Å². The van der Waals surface area contributed by atoms with E-state index in [-0.39, 0.29) is 11.9 Å². The maximum Gasteiger partial charge on any atom is 0.220 e. The van der Waals surface area contributed by atoms with Gasteiger partial charge in [-0.3, -0.25) is 4.79 Å². The summed E-state index contributed by atoms with van der Waals surface area (Å²) in [6.45, 7) is 8.14. The second-order valence-corrected chi connectivity index (χ2v) is 7.26. The van der Waals surface area contributed by atoms with E-state index in [1.165, 1.54) is 9.75 Å². The lowest BCUT2D eigenvalue weighted by Crippen LogP contribution is -2.28. The molecule has 0 fully saturated rings. The van der Waals surface area contributed by atoms with Gasteiger partial charge in [-0.25, -0.2) is 9.97 Å². The fourth-order valence-electron chi connectivity index (χ4n) is 2.04. The summed E-state index contributed by atoms with van der Waals surface area (Å²) in [6, 6.07) is 0.0254. The molecule has 0 aromatic carbocycles. The summed E-state index contributed by atoms with van der Waals surface area (Å²) in [6.07, 6.45) is 2.12. The Bertz CT molecular complexity index is 599. The number of amides is 1. The van der Waals surface area contributed by atoms with Crippen molar-refractivity contribution in [1.82, 2.24) is 15.3 Å². The molecule has 1 N–H and O–H groups in total. The Kier molecular flexibility index (Phi) is 5.47. The van der Waals surface area contributed by atoms with Crippen LogP contribution < -0.4 is 5.32 Å². The average molecular weight is 323 g/mol. The van der Waals surface area contributed by atoms with Crippen LogP contribution >= 0.6 is 22.7 Å². The van der Waals surface area contributed by atoms with Crippen molar-refractivity contribution in [2.45, 2.75) is 53.0 Å². The molecule has 1 atom stereocenters. The van der Waals surface area contributed by atoms with Crippen molar-refractivity contribution in [3.63, 3.8) is 0 Å². The van der Waals surface area contributed by atoms with Crippen LogP contribution in [0.5, 0.6) is 0 Å². The highest BCUT2D eigenvalue weighted by Gasteiger charge is 2.17. The lowest BCUT2D eigenvalue weighted by atomic mass is 10.2. The molecule has 0 aliphatic rings. The van der Waals surface area contributed by atoms with E-state index in [9.17, 15) is 4.79 Å². The van der Waals surface area contributed by atoms with Crippen molar-refractivity contribution in [3.05, 3.63) is 31.7 Å². The number of hydrogen-bond donors (Lipinski definition) is 1. The zero-order valence-electron chi connectivity index (χ0n) is 12.9. The summed E-state index contributed by atoms with van der Waals surface area (Å²) in [5, 5.41) is 4.11. The smallest absolute Gasteiger partial charge is 0.220 e. The number of rotatable bonds is 6. The van der Waals surface area contributed by atoms with E-state index in [4.69, 9.17) is 0 Å². The molecule has 6 heteroatoms. The molecular weight excluding hydrogens is 302 g/mol. The summed E-state index contributed by atoms with van der Waals surface area (Å²) in [5.41, 5.74) is 3.92. The number of nitrogens with zero attached hydrogens (tertiary/aromatic N) is 2. The molecule has 0 aliphatic heterocycles. The Morgan fingerprint density at radius 2 is 2.10 bits per heavy atom. The second-order valence-electron chi connectivity index (χ2n) is 5.08. The molecule has 2 aromatic rings. The highest BCUT2D eigenvalue weighted by atomic mass is 32.1. The lowest BCUT2D eigenvalue weighted by molar-refractivity contribution is -0.121. The van der Waals surface area contributed by atoms with Gasteiger partial charge in [0.15, 0.2) is 0 Å². The summed E-state index contributed by atoms with van der Waals surface area (Å²) >= 11 is 3.29. The van der Waals surface area contributed by atoms with E-state index in [0.29, 0.717) is 6.42 Å². The van der Waals surface area contributed by atoms with E-state index < -0.39 is 0 Å². The van der Waals surface area contributed by atoms with Gasteiger partial charge in [-0.05, 0) is 33.6 Å². The summed E-state index contributed by atoms with van der Waals surface area (Å²) in [5.74, 6) is 0.0835. The average Bonchev–Trinajstić information content (AvgIpc) is 3.00. The molecule has 21 heavy (non-hydrogen) atoms. The molecule has 114 valence electrons. The lowest BCUT2D eigenvalue weighted by Gasteiger charge is -2.14. The Balaban J connectivity index is 1.92. The molecule has 1 amide bonds. The van der Waals surface area contributed by atoms with Gasteiger partial charge in [0.1, 0.15) is 5.01 Å². The second kappa shape index (κ2) is 7.13. The predicted octanol–water partition coefficient (Wildman–Crippen LogP) is 3.72. The van der Waals surface area contributed by atoms with Crippen LogP contribution in [0.25, 0.3) is 0 Å². The van der Waals surface area contributed by atoms with Crippen LogP contribution in [-0.2, 0) is 11.2 Å². The maximum absolute atomic E-state index is 12.1. The van der Waals surface area contributed by atoms with Crippen LogP contribution in [0.1, 0.15) is 52.0 Å². The Hall–Kier alpha value is -1.27. The molecule has 2 rings (SSSR count). The van der Waals surface area contributed by atoms with Gasteiger partial charge in [0.25, 0.3) is 0 Å². The number of aromatic nitrogens is 2. The summed E-state index contributed by atoms with van der Waals surface area (Å²) < 4.78 is 0. The topological polar surface area (TPSA) is 54.9 Å². The number of thiazole rings is 2. The highest BCUT2D eigenvalue weighted by molar-refractivity contribution is 7.11. The molecule has 1 unspecified atom stereocenters. The molecule has 0 aliphatic carbocycles. The van der Waals surface area contributed by atoms with E-state index in [0.717, 1.165) is 29.2 Å². The highest BCUT2D eigenvalue weighted by Crippen LogP contribution is 2.25. The first-order chi connectivity index (χ1) is 10.0. The molecule has 2 aromatic heterocycles. The van der Waals surface area contributed by atoms with Crippen molar-refractivity contribution < 1.29 is 4.79 Å². The van der Waals surface area contributed by atoms with Crippen molar-refractivity contribution >= 4 is 28.6 Å². The van der Waals surface area contributed by atoms with Gasteiger partial charge < -0.3 is 5.32 Å². The van der Waals surface area contributed by atoms with Crippen LogP contribution in [-0.4, -0.2) is 15.9 Å². The van der Waals surface area contributed by atoms with Gasteiger partial charge in [-0.2, -0.15) is 0 Å². The van der Waals surface area contributed by atoms with Crippen LogP contribution in [0, 0.1) is 20.8 Å². The van der Waals surface area contributed by atoms with Crippen LogP contribution in [0.3, 0.4) is 0 Å². The minimum atomic E-state index is 0.0254. The van der Waals surface area contributed by atoms with Gasteiger partial charge in [0.05, 0.1) is 22.9 Å². The maximum atomic E-state index is 12.1.